The standard InChI is InChI=1S/C24H26N4O5S/c1-17-25-23(26-33-17)16-32-21-8-5-19(6-9-21)24(29)27-11-13-28(14-12-27)34(30,31)22-10-7-18-3-2-4-20(18)15-22/h5-10,15H,2-4,11-14,16H2,1H3. The second-order valence-electron chi connectivity index (χ2n) is 8.52. The minimum absolute atomic E-state index is 0.130. The number of aryl methyl sites for hydroxylation is 3. The van der Waals surface area contributed by atoms with Gasteiger partial charge in [-0.05, 0) is 66.8 Å². The molecular weight excluding hydrogens is 456 g/mol. The molecule has 1 fully saturated rings. The quantitative estimate of drug-likeness (QED) is 0.532. The molecular formula is C24H26N4O5S. The van der Waals surface area contributed by atoms with E-state index in [4.69, 9.17) is 9.26 Å². The van der Waals surface area contributed by atoms with Gasteiger partial charge in [0.1, 0.15) is 5.75 Å². The molecule has 10 heteroatoms. The molecule has 2 aliphatic rings. The Balaban J connectivity index is 1.18. The van der Waals surface area contributed by atoms with E-state index in [-0.39, 0.29) is 25.6 Å². The van der Waals surface area contributed by atoms with Crippen molar-refractivity contribution in [2.24, 2.45) is 0 Å². The summed E-state index contributed by atoms with van der Waals surface area (Å²) in [4.78, 5) is 19.0. The third-order valence-electron chi connectivity index (χ3n) is 6.27. The third kappa shape index (κ3) is 4.55. The second kappa shape index (κ2) is 9.19. The molecule has 2 heterocycles. The van der Waals surface area contributed by atoms with Gasteiger partial charge in [-0.25, -0.2) is 8.42 Å². The first-order valence-corrected chi connectivity index (χ1v) is 12.8. The Hall–Kier alpha value is -3.24. The molecule has 9 nitrogen and oxygen atoms in total. The van der Waals surface area contributed by atoms with E-state index in [9.17, 15) is 13.2 Å². The number of piperazine rings is 1. The number of carbonyl (C=O) groups excluding carboxylic acids is 1. The first-order valence-electron chi connectivity index (χ1n) is 11.3. The van der Waals surface area contributed by atoms with Crippen molar-refractivity contribution in [1.29, 1.82) is 0 Å². The molecule has 0 radical (unpaired) electrons. The minimum atomic E-state index is -3.57. The average molecular weight is 483 g/mol. The fraction of sp³-hybridized carbons (Fsp3) is 0.375. The van der Waals surface area contributed by atoms with Crippen molar-refractivity contribution >= 4 is 15.9 Å². The van der Waals surface area contributed by atoms with Gasteiger partial charge in [0.2, 0.25) is 21.7 Å². The van der Waals surface area contributed by atoms with E-state index >= 15 is 0 Å². The molecule has 0 N–H and O–H groups in total. The maximum absolute atomic E-state index is 13.1. The molecule has 0 atom stereocenters. The smallest absolute Gasteiger partial charge is 0.253 e. The summed E-state index contributed by atoms with van der Waals surface area (Å²) in [5.41, 5.74) is 2.91. The van der Waals surface area contributed by atoms with E-state index in [1.165, 1.54) is 9.87 Å². The van der Waals surface area contributed by atoms with Crippen LogP contribution >= 0.6 is 0 Å². The van der Waals surface area contributed by atoms with Gasteiger partial charge in [0.25, 0.3) is 5.91 Å². The lowest BCUT2D eigenvalue weighted by Crippen LogP contribution is -2.50. The molecule has 3 aromatic rings. The van der Waals surface area contributed by atoms with Gasteiger partial charge in [-0.2, -0.15) is 9.29 Å². The lowest BCUT2D eigenvalue weighted by Gasteiger charge is -2.34. The fourth-order valence-electron chi connectivity index (χ4n) is 4.41. The summed E-state index contributed by atoms with van der Waals surface area (Å²) in [5.74, 6) is 1.38. The van der Waals surface area contributed by atoms with Crippen LogP contribution in [0.15, 0.2) is 51.9 Å². The number of benzene rings is 2. The summed E-state index contributed by atoms with van der Waals surface area (Å²) in [7, 11) is -3.57. The number of hydrogen-bond donors (Lipinski definition) is 0. The van der Waals surface area contributed by atoms with Crippen molar-refractivity contribution in [2.75, 3.05) is 26.2 Å². The van der Waals surface area contributed by atoms with Crippen LogP contribution in [-0.2, 0) is 29.5 Å². The molecule has 1 amide bonds. The first kappa shape index (κ1) is 22.5. The van der Waals surface area contributed by atoms with Crippen LogP contribution in [0.25, 0.3) is 0 Å². The Labute approximate surface area is 198 Å². The zero-order valence-corrected chi connectivity index (χ0v) is 19.8. The largest absolute Gasteiger partial charge is 0.485 e. The molecule has 34 heavy (non-hydrogen) atoms. The molecule has 178 valence electrons. The van der Waals surface area contributed by atoms with Gasteiger partial charge in [0.05, 0.1) is 4.90 Å². The summed E-state index contributed by atoms with van der Waals surface area (Å²) in [6, 6.07) is 12.3. The van der Waals surface area contributed by atoms with Gasteiger partial charge in [-0.15, -0.1) is 0 Å². The van der Waals surface area contributed by atoms with Crippen molar-refractivity contribution in [1.82, 2.24) is 19.3 Å². The van der Waals surface area contributed by atoms with E-state index in [1.807, 2.05) is 12.1 Å². The highest BCUT2D eigenvalue weighted by atomic mass is 32.2. The van der Waals surface area contributed by atoms with Crippen LogP contribution in [-0.4, -0.2) is 59.8 Å². The average Bonchev–Trinajstić information content (AvgIpc) is 3.51. The third-order valence-corrected chi connectivity index (χ3v) is 8.17. The molecule has 5 rings (SSSR count). The van der Waals surface area contributed by atoms with Crippen LogP contribution in [0.5, 0.6) is 5.75 Å². The number of nitrogens with zero attached hydrogens (tertiary/aromatic N) is 4. The highest BCUT2D eigenvalue weighted by Gasteiger charge is 2.31. The summed E-state index contributed by atoms with van der Waals surface area (Å²) in [5, 5.41) is 3.78. The minimum Gasteiger partial charge on any atom is -0.485 e. The predicted octanol–water partition coefficient (Wildman–Crippen LogP) is 2.59. The van der Waals surface area contributed by atoms with Crippen LogP contribution in [0, 0.1) is 6.92 Å². The summed E-state index contributed by atoms with van der Waals surface area (Å²) < 4.78 is 38.3. The number of amides is 1. The first-order chi connectivity index (χ1) is 16.4. The number of fused-ring (bicyclic) bond motifs is 1. The number of sulfonamides is 1. The van der Waals surface area contributed by atoms with Crippen molar-refractivity contribution < 1.29 is 22.5 Å². The monoisotopic (exact) mass is 482 g/mol. The molecule has 0 unspecified atom stereocenters. The van der Waals surface area contributed by atoms with E-state index in [0.717, 1.165) is 24.8 Å². The second-order valence-corrected chi connectivity index (χ2v) is 10.5. The predicted molar refractivity (Wildman–Crippen MR) is 123 cm³/mol. The van der Waals surface area contributed by atoms with Crippen molar-refractivity contribution in [2.45, 2.75) is 37.7 Å². The number of carbonyl (C=O) groups is 1. The van der Waals surface area contributed by atoms with Crippen molar-refractivity contribution in [3.8, 4) is 5.75 Å². The summed E-state index contributed by atoms with van der Waals surface area (Å²) in [6.07, 6.45) is 3.02. The van der Waals surface area contributed by atoms with Gasteiger partial charge in [0, 0.05) is 38.7 Å². The zero-order valence-electron chi connectivity index (χ0n) is 18.9. The molecule has 1 aliphatic heterocycles. The molecule has 2 aromatic carbocycles. The van der Waals surface area contributed by atoms with E-state index < -0.39 is 10.0 Å². The molecule has 0 bridgehead atoms. The number of rotatable bonds is 6. The Morgan fingerprint density at radius 1 is 1.03 bits per heavy atom. The lowest BCUT2D eigenvalue weighted by atomic mass is 10.1. The molecule has 0 saturated carbocycles. The van der Waals surface area contributed by atoms with Gasteiger partial charge in [-0.1, -0.05) is 11.2 Å². The number of hydrogen-bond acceptors (Lipinski definition) is 7. The normalized spacial score (nSPS) is 16.4. The van der Waals surface area contributed by atoms with Crippen LogP contribution in [0.4, 0.5) is 0 Å². The van der Waals surface area contributed by atoms with Crippen molar-refractivity contribution in [3.63, 3.8) is 0 Å². The van der Waals surface area contributed by atoms with Gasteiger partial charge in [0.15, 0.2) is 6.61 Å². The van der Waals surface area contributed by atoms with Crippen LogP contribution < -0.4 is 4.74 Å². The van der Waals surface area contributed by atoms with E-state index in [2.05, 4.69) is 10.1 Å². The number of aromatic nitrogens is 2. The summed E-state index contributed by atoms with van der Waals surface area (Å²) >= 11 is 0. The van der Waals surface area contributed by atoms with Gasteiger partial charge in [-0.3, -0.25) is 4.79 Å². The van der Waals surface area contributed by atoms with Gasteiger partial charge < -0.3 is 14.2 Å². The molecule has 1 aliphatic carbocycles. The van der Waals surface area contributed by atoms with E-state index in [1.54, 1.807) is 42.2 Å². The molecule has 1 saturated heterocycles. The van der Waals surface area contributed by atoms with Crippen LogP contribution in [0.1, 0.15) is 39.6 Å². The lowest BCUT2D eigenvalue weighted by molar-refractivity contribution is 0.0698. The highest BCUT2D eigenvalue weighted by molar-refractivity contribution is 7.89. The summed E-state index contributed by atoms with van der Waals surface area (Å²) in [6.45, 7) is 3.12. The maximum Gasteiger partial charge on any atom is 0.253 e. The van der Waals surface area contributed by atoms with E-state index in [0.29, 0.717) is 41.0 Å². The van der Waals surface area contributed by atoms with Crippen LogP contribution in [0.3, 0.4) is 0 Å². The van der Waals surface area contributed by atoms with Crippen molar-refractivity contribution in [3.05, 3.63) is 70.9 Å². The Kier molecular flexibility index (Phi) is 6.09. The Morgan fingerprint density at radius 3 is 2.47 bits per heavy atom. The van der Waals surface area contributed by atoms with Crippen LogP contribution in [0.2, 0.25) is 0 Å². The molecule has 1 aromatic heterocycles. The molecule has 0 spiro atoms. The highest BCUT2D eigenvalue weighted by Crippen LogP contribution is 2.27. The topological polar surface area (TPSA) is 106 Å². The SMILES string of the molecule is Cc1nc(COc2ccc(C(=O)N3CCN(S(=O)(=O)c4ccc5c(c4)CCC5)CC3)cc2)no1. The fourth-order valence-corrected chi connectivity index (χ4v) is 5.89. The Bertz CT molecular complexity index is 1300. The zero-order chi connectivity index (χ0) is 23.7. The van der Waals surface area contributed by atoms with Gasteiger partial charge >= 0.3 is 0 Å². The maximum atomic E-state index is 13.1. The number of ether oxygens (including phenoxy) is 1. The Morgan fingerprint density at radius 2 is 1.76 bits per heavy atom.